The van der Waals surface area contributed by atoms with Crippen LogP contribution in [0, 0.1) is 12.8 Å². The second-order valence-electron chi connectivity index (χ2n) is 6.60. The lowest BCUT2D eigenvalue weighted by molar-refractivity contribution is -0.121. The summed E-state index contributed by atoms with van der Waals surface area (Å²) in [5.41, 5.74) is 1.65. The number of thiazole rings is 1. The fourth-order valence-corrected chi connectivity index (χ4v) is 4.69. The van der Waals surface area contributed by atoms with Crippen molar-refractivity contribution in [3.63, 3.8) is 0 Å². The maximum absolute atomic E-state index is 12.7. The predicted octanol–water partition coefficient (Wildman–Crippen LogP) is 4.55. The first-order valence-corrected chi connectivity index (χ1v) is 10.6. The molecule has 0 bridgehead atoms. The van der Waals surface area contributed by atoms with Gasteiger partial charge in [0, 0.05) is 18.8 Å². The maximum atomic E-state index is 12.7. The van der Waals surface area contributed by atoms with Crippen LogP contribution in [0.5, 0.6) is 0 Å². The van der Waals surface area contributed by atoms with Gasteiger partial charge in [-0.1, -0.05) is 0 Å². The van der Waals surface area contributed by atoms with E-state index >= 15 is 0 Å². The molecule has 0 saturated carbocycles. The fraction of sp³-hybridized carbons (Fsp3) is 0.316. The van der Waals surface area contributed by atoms with Gasteiger partial charge in [0.05, 0.1) is 26.1 Å². The molecular weight excluding hydrogens is 380 g/mol. The van der Waals surface area contributed by atoms with Crippen molar-refractivity contribution in [3.05, 3.63) is 40.7 Å². The number of piperidine rings is 1. The number of hydrogen-bond donors (Lipinski definition) is 2. The third-order valence-electron chi connectivity index (χ3n) is 4.59. The molecule has 1 saturated heterocycles. The Kier molecular flexibility index (Phi) is 5.09. The van der Waals surface area contributed by atoms with Crippen LogP contribution in [0.15, 0.2) is 35.7 Å². The number of benzene rings is 1. The molecule has 1 unspecified atom stereocenters. The lowest BCUT2D eigenvalue weighted by Gasteiger charge is -2.31. The average Bonchev–Trinajstić information content (AvgIpc) is 3.30. The van der Waals surface area contributed by atoms with Crippen molar-refractivity contribution in [2.75, 3.05) is 23.7 Å². The molecule has 1 aliphatic rings. The van der Waals surface area contributed by atoms with Crippen LogP contribution in [-0.4, -0.2) is 34.9 Å². The van der Waals surface area contributed by atoms with E-state index in [0.29, 0.717) is 13.1 Å². The molecule has 1 aliphatic heterocycles. The van der Waals surface area contributed by atoms with Crippen LogP contribution in [0.3, 0.4) is 0 Å². The van der Waals surface area contributed by atoms with E-state index in [1.807, 2.05) is 42.6 Å². The zero-order valence-electron chi connectivity index (χ0n) is 14.9. The van der Waals surface area contributed by atoms with Gasteiger partial charge in [-0.3, -0.25) is 10.1 Å². The number of nitrogens with zero attached hydrogens (tertiary/aromatic N) is 2. The highest BCUT2D eigenvalue weighted by Gasteiger charge is 2.28. The smallest absolute Gasteiger partial charge is 0.322 e. The van der Waals surface area contributed by atoms with Crippen molar-refractivity contribution in [3.8, 4) is 0 Å². The van der Waals surface area contributed by atoms with E-state index in [2.05, 4.69) is 15.6 Å². The number of fused-ring (bicyclic) bond motifs is 1. The number of urea groups is 1. The number of likely N-dealkylation sites (tertiary alicyclic amines) is 1. The van der Waals surface area contributed by atoms with Gasteiger partial charge in [-0.15, -0.1) is 22.7 Å². The van der Waals surface area contributed by atoms with Gasteiger partial charge in [0.25, 0.3) is 0 Å². The summed E-state index contributed by atoms with van der Waals surface area (Å²) >= 11 is 3.12. The van der Waals surface area contributed by atoms with Crippen LogP contribution in [-0.2, 0) is 4.79 Å². The van der Waals surface area contributed by atoms with Crippen LogP contribution < -0.4 is 10.6 Å². The predicted molar refractivity (Wildman–Crippen MR) is 111 cm³/mol. The lowest BCUT2D eigenvalue weighted by Crippen LogP contribution is -2.45. The summed E-state index contributed by atoms with van der Waals surface area (Å²) in [7, 11) is 0. The zero-order chi connectivity index (χ0) is 18.8. The quantitative estimate of drug-likeness (QED) is 0.677. The Hall–Kier alpha value is -2.45. The number of thiophene rings is 1. The van der Waals surface area contributed by atoms with Crippen molar-refractivity contribution in [2.45, 2.75) is 19.8 Å². The van der Waals surface area contributed by atoms with Crippen LogP contribution in [0.25, 0.3) is 10.2 Å². The molecule has 2 aromatic heterocycles. The van der Waals surface area contributed by atoms with Crippen LogP contribution in [0.1, 0.15) is 17.8 Å². The monoisotopic (exact) mass is 400 g/mol. The number of hydrogen-bond acceptors (Lipinski definition) is 5. The van der Waals surface area contributed by atoms with Crippen molar-refractivity contribution in [1.29, 1.82) is 0 Å². The molecule has 8 heteroatoms. The van der Waals surface area contributed by atoms with Crippen LogP contribution in [0.2, 0.25) is 0 Å². The molecule has 0 aliphatic carbocycles. The highest BCUT2D eigenvalue weighted by atomic mass is 32.1. The van der Waals surface area contributed by atoms with E-state index in [9.17, 15) is 9.59 Å². The van der Waals surface area contributed by atoms with Gasteiger partial charge in [-0.25, -0.2) is 9.78 Å². The number of amides is 3. The summed E-state index contributed by atoms with van der Waals surface area (Å²) in [5.74, 6) is -0.254. The Labute approximate surface area is 165 Å². The van der Waals surface area contributed by atoms with Gasteiger partial charge in [-0.2, -0.15) is 0 Å². The lowest BCUT2D eigenvalue weighted by atomic mass is 9.97. The molecule has 140 valence electrons. The Bertz CT molecular complexity index is 967. The van der Waals surface area contributed by atoms with Gasteiger partial charge >= 0.3 is 6.03 Å². The van der Waals surface area contributed by atoms with E-state index in [4.69, 9.17) is 0 Å². The molecule has 3 heterocycles. The van der Waals surface area contributed by atoms with Gasteiger partial charge < -0.3 is 10.2 Å². The summed E-state index contributed by atoms with van der Waals surface area (Å²) in [6.45, 7) is 3.08. The van der Waals surface area contributed by atoms with Crippen molar-refractivity contribution < 1.29 is 9.59 Å². The van der Waals surface area contributed by atoms with E-state index in [-0.39, 0.29) is 17.9 Å². The molecule has 1 aromatic carbocycles. The average molecular weight is 401 g/mol. The Balaban J connectivity index is 1.39. The second-order valence-corrected chi connectivity index (χ2v) is 8.78. The molecule has 1 atom stereocenters. The van der Waals surface area contributed by atoms with Crippen molar-refractivity contribution >= 4 is 55.5 Å². The van der Waals surface area contributed by atoms with Gasteiger partial charge in [-0.05, 0) is 55.5 Å². The number of carbonyl (C=O) groups excluding carboxylic acids is 2. The van der Waals surface area contributed by atoms with Gasteiger partial charge in [0.15, 0.2) is 0 Å². The molecule has 1 fully saturated rings. The minimum Gasteiger partial charge on any atom is -0.326 e. The van der Waals surface area contributed by atoms with Crippen molar-refractivity contribution in [2.24, 2.45) is 5.92 Å². The van der Waals surface area contributed by atoms with Crippen LogP contribution >= 0.6 is 22.7 Å². The first-order valence-electron chi connectivity index (χ1n) is 8.86. The van der Waals surface area contributed by atoms with Crippen molar-refractivity contribution in [1.82, 2.24) is 9.88 Å². The zero-order valence-corrected chi connectivity index (χ0v) is 16.5. The number of aryl methyl sites for hydroxylation is 1. The number of anilines is 2. The first-order chi connectivity index (χ1) is 13.1. The van der Waals surface area contributed by atoms with E-state index in [1.165, 1.54) is 11.3 Å². The van der Waals surface area contributed by atoms with Gasteiger partial charge in [0.1, 0.15) is 0 Å². The third-order valence-corrected chi connectivity index (χ3v) is 6.33. The molecular formula is C19H20N4O2S2. The first kappa shape index (κ1) is 17.9. The summed E-state index contributed by atoms with van der Waals surface area (Å²) in [5, 5.41) is 9.62. The SMILES string of the molecule is Cc1nc2cc(NC(=O)C3CCCN(C(=O)Nc4cccs4)C3)ccc2s1. The number of nitrogens with one attached hydrogen (secondary N) is 2. The highest BCUT2D eigenvalue weighted by Crippen LogP contribution is 2.26. The fourth-order valence-electron chi connectivity index (χ4n) is 3.27. The second kappa shape index (κ2) is 7.66. The van der Waals surface area contributed by atoms with E-state index in [0.717, 1.165) is 38.8 Å². The molecule has 6 nitrogen and oxygen atoms in total. The minimum absolute atomic E-state index is 0.0464. The normalized spacial score (nSPS) is 17.1. The van der Waals surface area contributed by atoms with Crippen LogP contribution in [0.4, 0.5) is 15.5 Å². The molecule has 27 heavy (non-hydrogen) atoms. The number of carbonyl (C=O) groups is 2. The number of rotatable bonds is 3. The molecule has 3 amide bonds. The molecule has 4 rings (SSSR count). The molecule has 0 spiro atoms. The Morgan fingerprint density at radius 1 is 1.26 bits per heavy atom. The topological polar surface area (TPSA) is 74.3 Å². The Morgan fingerprint density at radius 3 is 2.96 bits per heavy atom. The van der Waals surface area contributed by atoms with Gasteiger partial charge in [0.2, 0.25) is 5.91 Å². The molecule has 2 N–H and O–H groups in total. The van der Waals surface area contributed by atoms with E-state index in [1.54, 1.807) is 16.2 Å². The molecule has 0 radical (unpaired) electrons. The molecule has 3 aromatic rings. The highest BCUT2D eigenvalue weighted by molar-refractivity contribution is 7.18. The number of aromatic nitrogens is 1. The largest absolute Gasteiger partial charge is 0.326 e. The summed E-state index contributed by atoms with van der Waals surface area (Å²) in [6.07, 6.45) is 1.60. The summed E-state index contributed by atoms with van der Waals surface area (Å²) in [4.78, 5) is 31.3. The van der Waals surface area contributed by atoms with E-state index < -0.39 is 0 Å². The summed E-state index contributed by atoms with van der Waals surface area (Å²) in [6, 6.07) is 9.41. The minimum atomic E-state index is -0.208. The maximum Gasteiger partial charge on any atom is 0.322 e. The summed E-state index contributed by atoms with van der Waals surface area (Å²) < 4.78 is 1.11. The Morgan fingerprint density at radius 2 is 2.15 bits per heavy atom. The standard InChI is InChI=1S/C19H20N4O2S2/c1-12-20-15-10-14(6-7-16(15)27-12)21-18(24)13-4-2-8-23(11-13)19(25)22-17-5-3-9-26-17/h3,5-7,9-10,13H,2,4,8,11H2,1H3,(H,21,24)(H,22,25). The third kappa shape index (κ3) is 4.12.